The Morgan fingerprint density at radius 1 is 1.56 bits per heavy atom. The van der Waals surface area contributed by atoms with E-state index in [2.05, 4.69) is 25.7 Å². The van der Waals surface area contributed by atoms with Gasteiger partial charge in [0.05, 0.1) is 12.1 Å². The molecule has 1 saturated heterocycles. The molecular formula is C9H10N6O3. The number of H-pyrrole nitrogens is 1. The van der Waals surface area contributed by atoms with Crippen molar-refractivity contribution in [2.24, 2.45) is 0 Å². The SMILES string of the molecule is O=[N+]([O-])c1cc(-c2nc(C3CCCN3)no2)n[nH]1. The van der Waals surface area contributed by atoms with Crippen LogP contribution in [0.4, 0.5) is 5.82 Å². The molecule has 1 unspecified atom stereocenters. The van der Waals surface area contributed by atoms with E-state index in [9.17, 15) is 10.1 Å². The second kappa shape index (κ2) is 4.18. The van der Waals surface area contributed by atoms with E-state index in [-0.39, 0.29) is 23.4 Å². The molecular weight excluding hydrogens is 240 g/mol. The molecule has 2 N–H and O–H groups in total. The number of aromatic nitrogens is 4. The number of nitrogens with zero attached hydrogens (tertiary/aromatic N) is 4. The number of rotatable bonds is 3. The molecule has 0 amide bonds. The second-order valence-electron chi connectivity index (χ2n) is 4.00. The fourth-order valence-electron chi connectivity index (χ4n) is 1.90. The van der Waals surface area contributed by atoms with Crippen LogP contribution in [0.1, 0.15) is 24.7 Å². The molecule has 3 rings (SSSR count). The van der Waals surface area contributed by atoms with Crippen molar-refractivity contribution < 1.29 is 9.45 Å². The highest BCUT2D eigenvalue weighted by atomic mass is 16.6. The third-order valence-corrected chi connectivity index (χ3v) is 2.79. The van der Waals surface area contributed by atoms with Gasteiger partial charge in [-0.2, -0.15) is 4.98 Å². The Labute approximate surface area is 101 Å². The Balaban J connectivity index is 1.85. The summed E-state index contributed by atoms with van der Waals surface area (Å²) >= 11 is 0. The molecule has 1 atom stereocenters. The van der Waals surface area contributed by atoms with Crippen LogP contribution in [-0.2, 0) is 0 Å². The van der Waals surface area contributed by atoms with E-state index in [4.69, 9.17) is 4.52 Å². The molecule has 0 bridgehead atoms. The Kier molecular flexibility index (Phi) is 2.52. The van der Waals surface area contributed by atoms with E-state index >= 15 is 0 Å². The standard InChI is InChI=1S/C9H10N6O3/c16-15(17)7-4-6(12-13-7)9-11-8(14-18-9)5-2-1-3-10-5/h4-5,10H,1-3H2,(H,12,13). The first-order valence-corrected chi connectivity index (χ1v) is 5.51. The summed E-state index contributed by atoms with van der Waals surface area (Å²) in [6, 6.07) is 1.36. The molecule has 1 fully saturated rings. The topological polar surface area (TPSA) is 123 Å². The second-order valence-corrected chi connectivity index (χ2v) is 4.00. The van der Waals surface area contributed by atoms with Crippen molar-refractivity contribution >= 4 is 5.82 Å². The van der Waals surface area contributed by atoms with E-state index < -0.39 is 4.92 Å². The van der Waals surface area contributed by atoms with Crippen molar-refractivity contribution in [2.45, 2.75) is 18.9 Å². The molecule has 0 aromatic carbocycles. The van der Waals surface area contributed by atoms with E-state index in [1.807, 2.05) is 0 Å². The van der Waals surface area contributed by atoms with Gasteiger partial charge in [-0.15, -0.1) is 5.10 Å². The molecule has 2 aromatic rings. The van der Waals surface area contributed by atoms with Crippen LogP contribution >= 0.6 is 0 Å². The van der Waals surface area contributed by atoms with Crippen molar-refractivity contribution in [3.63, 3.8) is 0 Å². The zero-order valence-corrected chi connectivity index (χ0v) is 9.29. The lowest BCUT2D eigenvalue weighted by Crippen LogP contribution is -2.14. The summed E-state index contributed by atoms with van der Waals surface area (Å²) in [6.45, 7) is 0.933. The number of hydrogen-bond acceptors (Lipinski definition) is 7. The van der Waals surface area contributed by atoms with Gasteiger partial charge in [0.2, 0.25) is 0 Å². The molecule has 3 heterocycles. The van der Waals surface area contributed by atoms with Crippen LogP contribution < -0.4 is 5.32 Å². The van der Waals surface area contributed by atoms with Gasteiger partial charge in [0, 0.05) is 0 Å². The number of nitrogens with one attached hydrogen (secondary N) is 2. The summed E-state index contributed by atoms with van der Waals surface area (Å²) in [5.41, 5.74) is 0.276. The summed E-state index contributed by atoms with van der Waals surface area (Å²) < 4.78 is 5.05. The van der Waals surface area contributed by atoms with Crippen molar-refractivity contribution in [2.75, 3.05) is 6.54 Å². The van der Waals surface area contributed by atoms with E-state index in [1.54, 1.807) is 0 Å². The van der Waals surface area contributed by atoms with Crippen molar-refractivity contribution in [1.29, 1.82) is 0 Å². The predicted molar refractivity (Wildman–Crippen MR) is 58.5 cm³/mol. The van der Waals surface area contributed by atoms with Gasteiger partial charge in [-0.1, -0.05) is 10.3 Å². The highest BCUT2D eigenvalue weighted by Crippen LogP contribution is 2.24. The smallest absolute Gasteiger partial charge is 0.343 e. The van der Waals surface area contributed by atoms with Crippen molar-refractivity contribution in [3.05, 3.63) is 22.0 Å². The molecule has 0 radical (unpaired) electrons. The molecule has 0 aliphatic carbocycles. The Hall–Kier alpha value is -2.29. The molecule has 94 valence electrons. The van der Waals surface area contributed by atoms with Crippen LogP contribution in [0.25, 0.3) is 11.6 Å². The van der Waals surface area contributed by atoms with E-state index in [0.29, 0.717) is 5.82 Å². The van der Waals surface area contributed by atoms with Gasteiger partial charge in [0.15, 0.2) is 11.5 Å². The molecule has 9 nitrogen and oxygen atoms in total. The van der Waals surface area contributed by atoms with Gasteiger partial charge in [0.25, 0.3) is 5.89 Å². The zero-order chi connectivity index (χ0) is 12.5. The number of aromatic amines is 1. The first kappa shape index (κ1) is 10.8. The normalized spacial score (nSPS) is 19.2. The fraction of sp³-hybridized carbons (Fsp3) is 0.444. The minimum Gasteiger partial charge on any atom is -0.358 e. The fourth-order valence-corrected chi connectivity index (χ4v) is 1.90. The van der Waals surface area contributed by atoms with E-state index in [0.717, 1.165) is 19.4 Å². The van der Waals surface area contributed by atoms with Crippen molar-refractivity contribution in [1.82, 2.24) is 25.7 Å². The van der Waals surface area contributed by atoms with E-state index in [1.165, 1.54) is 6.07 Å². The molecule has 9 heteroatoms. The first-order valence-electron chi connectivity index (χ1n) is 5.51. The molecule has 0 saturated carbocycles. The minimum atomic E-state index is -0.563. The third-order valence-electron chi connectivity index (χ3n) is 2.79. The summed E-state index contributed by atoms with van der Waals surface area (Å²) in [5, 5.41) is 23.7. The quantitative estimate of drug-likeness (QED) is 0.609. The van der Waals surface area contributed by atoms with Gasteiger partial charge in [-0.05, 0) is 24.3 Å². The zero-order valence-electron chi connectivity index (χ0n) is 9.29. The summed E-state index contributed by atoms with van der Waals surface area (Å²) in [6.07, 6.45) is 2.03. The maximum absolute atomic E-state index is 10.5. The van der Waals surface area contributed by atoms with Crippen LogP contribution in [0, 0.1) is 10.1 Å². The lowest BCUT2D eigenvalue weighted by molar-refractivity contribution is -0.389. The Bertz CT molecular complexity index is 570. The van der Waals surface area contributed by atoms with Crippen LogP contribution in [0.2, 0.25) is 0 Å². The third kappa shape index (κ3) is 1.84. The van der Waals surface area contributed by atoms with Crippen molar-refractivity contribution in [3.8, 4) is 11.6 Å². The largest absolute Gasteiger partial charge is 0.358 e. The highest BCUT2D eigenvalue weighted by Gasteiger charge is 2.23. The number of hydrogen-bond donors (Lipinski definition) is 2. The average molecular weight is 250 g/mol. The molecule has 1 aliphatic rings. The van der Waals surface area contributed by atoms with Gasteiger partial charge >= 0.3 is 5.82 Å². The van der Waals surface area contributed by atoms with Gasteiger partial charge < -0.3 is 20.0 Å². The Morgan fingerprint density at radius 2 is 2.44 bits per heavy atom. The van der Waals surface area contributed by atoms with Crippen LogP contribution in [0.3, 0.4) is 0 Å². The summed E-state index contributed by atoms with van der Waals surface area (Å²) in [7, 11) is 0. The minimum absolute atomic E-state index is 0.0939. The number of nitro groups is 1. The van der Waals surface area contributed by atoms with Crippen LogP contribution in [-0.4, -0.2) is 31.8 Å². The first-order chi connectivity index (χ1) is 8.74. The monoisotopic (exact) mass is 250 g/mol. The molecule has 18 heavy (non-hydrogen) atoms. The van der Waals surface area contributed by atoms with Crippen LogP contribution in [0.5, 0.6) is 0 Å². The molecule has 2 aromatic heterocycles. The van der Waals surface area contributed by atoms with Gasteiger partial charge in [-0.25, -0.2) is 0 Å². The predicted octanol–water partition coefficient (Wildman–Crippen LogP) is 0.792. The highest BCUT2D eigenvalue weighted by molar-refractivity contribution is 5.49. The molecule has 1 aliphatic heterocycles. The lowest BCUT2D eigenvalue weighted by Gasteiger charge is -2.01. The lowest BCUT2D eigenvalue weighted by atomic mass is 10.2. The molecule has 0 spiro atoms. The summed E-state index contributed by atoms with van der Waals surface area (Å²) in [4.78, 5) is 14.1. The maximum atomic E-state index is 10.5. The maximum Gasteiger partial charge on any atom is 0.343 e. The Morgan fingerprint density at radius 3 is 3.11 bits per heavy atom. The average Bonchev–Trinajstić information content (AvgIpc) is 3.10. The van der Waals surface area contributed by atoms with Gasteiger partial charge in [-0.3, -0.25) is 0 Å². The van der Waals surface area contributed by atoms with Gasteiger partial charge in [0.1, 0.15) is 0 Å². The summed E-state index contributed by atoms with van der Waals surface area (Å²) in [5.74, 6) is 0.542. The van der Waals surface area contributed by atoms with Crippen LogP contribution in [0.15, 0.2) is 10.6 Å².